The van der Waals surface area contributed by atoms with Crippen LogP contribution >= 0.6 is 23.4 Å². The number of alkyl halides is 3. The molecule has 4 aromatic carbocycles. The molecule has 12 heteroatoms. The summed E-state index contributed by atoms with van der Waals surface area (Å²) >= 11 is 7.01. The lowest BCUT2D eigenvalue weighted by molar-refractivity contribution is -0.137. The Kier molecular flexibility index (Phi) is 10.2. The molecule has 3 amide bonds. The third-order valence-corrected chi connectivity index (χ3v) is 7.09. The molecule has 0 saturated heterocycles. The van der Waals surface area contributed by atoms with E-state index in [0.717, 1.165) is 30.0 Å². The second-order valence-corrected chi connectivity index (χ2v) is 10.4. The molecule has 0 unspecified atom stereocenters. The lowest BCUT2D eigenvalue weighted by atomic mass is 10.1. The van der Waals surface area contributed by atoms with Crippen LogP contribution in [-0.2, 0) is 15.8 Å². The van der Waals surface area contributed by atoms with Crippen molar-refractivity contribution < 1.29 is 31.9 Å². The zero-order chi connectivity index (χ0) is 31.0. The van der Waals surface area contributed by atoms with Gasteiger partial charge in [0.1, 0.15) is 11.5 Å². The van der Waals surface area contributed by atoms with Gasteiger partial charge >= 0.3 is 6.18 Å². The van der Waals surface area contributed by atoms with Gasteiger partial charge in [0.15, 0.2) is 0 Å². The second-order valence-electron chi connectivity index (χ2n) is 8.91. The van der Waals surface area contributed by atoms with Gasteiger partial charge in [-0.1, -0.05) is 54.1 Å². The predicted octanol–water partition coefficient (Wildman–Crippen LogP) is 7.64. The van der Waals surface area contributed by atoms with Gasteiger partial charge in [-0.05, 0) is 60.7 Å². The Balaban J connectivity index is 1.45. The Morgan fingerprint density at radius 1 is 0.837 bits per heavy atom. The van der Waals surface area contributed by atoms with E-state index in [1.165, 1.54) is 24.3 Å². The smallest absolute Gasteiger partial charge is 0.324 e. The summed E-state index contributed by atoms with van der Waals surface area (Å²) in [5.74, 6) is -2.67. The van der Waals surface area contributed by atoms with Crippen molar-refractivity contribution in [1.82, 2.24) is 5.32 Å². The second kappa shape index (κ2) is 14.0. The molecule has 0 aliphatic rings. The van der Waals surface area contributed by atoms with E-state index in [1.807, 2.05) is 0 Å². The number of rotatable bonds is 9. The van der Waals surface area contributed by atoms with Crippen LogP contribution in [0.15, 0.2) is 108 Å². The SMILES string of the molecule is O=C(CSc1cccc(NC(=O)/C(=C/c2ccccc2F)NC(=O)c2ccccc2)c1)Nc1cc(C(F)(F)F)ccc1Cl. The van der Waals surface area contributed by atoms with Gasteiger partial charge in [-0.2, -0.15) is 13.2 Å². The van der Waals surface area contributed by atoms with E-state index < -0.39 is 35.3 Å². The van der Waals surface area contributed by atoms with Crippen molar-refractivity contribution in [2.24, 2.45) is 0 Å². The molecule has 0 fully saturated rings. The minimum atomic E-state index is -4.60. The normalized spacial score (nSPS) is 11.5. The first-order valence-electron chi connectivity index (χ1n) is 12.5. The minimum absolute atomic E-state index is 0.0466. The first kappa shape index (κ1) is 31.3. The number of amides is 3. The Bertz CT molecular complexity index is 1680. The van der Waals surface area contributed by atoms with Gasteiger partial charge in [-0.3, -0.25) is 14.4 Å². The van der Waals surface area contributed by atoms with E-state index in [9.17, 15) is 31.9 Å². The van der Waals surface area contributed by atoms with E-state index in [-0.39, 0.29) is 33.3 Å². The van der Waals surface area contributed by atoms with Crippen LogP contribution in [0.25, 0.3) is 6.08 Å². The molecule has 0 saturated carbocycles. The van der Waals surface area contributed by atoms with Crippen LogP contribution in [0, 0.1) is 5.82 Å². The molecule has 0 aliphatic carbocycles. The Morgan fingerprint density at radius 2 is 1.56 bits per heavy atom. The summed E-state index contributed by atoms with van der Waals surface area (Å²) in [6, 6.07) is 23.0. The van der Waals surface area contributed by atoms with E-state index >= 15 is 0 Å². The molecule has 0 radical (unpaired) electrons. The zero-order valence-corrected chi connectivity index (χ0v) is 23.6. The van der Waals surface area contributed by atoms with Crippen molar-refractivity contribution in [1.29, 1.82) is 0 Å². The predicted molar refractivity (Wildman–Crippen MR) is 159 cm³/mol. The number of carbonyl (C=O) groups excluding carboxylic acids is 3. The van der Waals surface area contributed by atoms with Crippen molar-refractivity contribution in [3.63, 3.8) is 0 Å². The molecular weight excluding hydrogens is 606 g/mol. The molecule has 43 heavy (non-hydrogen) atoms. The van der Waals surface area contributed by atoms with Gasteiger partial charge in [0.2, 0.25) is 5.91 Å². The van der Waals surface area contributed by atoms with E-state index in [2.05, 4.69) is 16.0 Å². The van der Waals surface area contributed by atoms with Crippen molar-refractivity contribution in [2.75, 3.05) is 16.4 Å². The average molecular weight is 628 g/mol. The number of thioether (sulfide) groups is 1. The number of anilines is 2. The van der Waals surface area contributed by atoms with Crippen molar-refractivity contribution in [3.8, 4) is 0 Å². The molecule has 0 heterocycles. The number of carbonyl (C=O) groups is 3. The molecule has 220 valence electrons. The van der Waals surface area contributed by atoms with E-state index in [4.69, 9.17) is 11.6 Å². The average Bonchev–Trinajstić information content (AvgIpc) is 2.98. The largest absolute Gasteiger partial charge is 0.416 e. The van der Waals surface area contributed by atoms with Crippen LogP contribution in [0.4, 0.5) is 28.9 Å². The minimum Gasteiger partial charge on any atom is -0.324 e. The molecular formula is C31H22ClF4N3O3S. The molecule has 6 nitrogen and oxygen atoms in total. The molecule has 0 aliphatic heterocycles. The summed E-state index contributed by atoms with van der Waals surface area (Å²) in [5, 5.41) is 7.51. The van der Waals surface area contributed by atoms with E-state index in [1.54, 1.807) is 60.7 Å². The lowest BCUT2D eigenvalue weighted by Crippen LogP contribution is -2.30. The Hall–Kier alpha value is -4.61. The lowest BCUT2D eigenvalue weighted by Gasteiger charge is -2.13. The van der Waals surface area contributed by atoms with Gasteiger partial charge in [-0.15, -0.1) is 11.8 Å². The van der Waals surface area contributed by atoms with Gasteiger partial charge in [-0.25, -0.2) is 4.39 Å². The standard InChI is InChI=1S/C31H22ClF4N3O3S/c32-24-14-13-21(31(34,35)36)16-26(24)38-28(40)18-43-23-11-6-10-22(17-23)37-30(42)27(15-20-9-4-5-12-25(20)33)39-29(41)19-7-2-1-3-8-19/h1-17H,18H2,(H,37,42)(H,38,40)(H,39,41)/b27-15-. The number of nitrogens with one attached hydrogen (secondary N) is 3. The fourth-order valence-corrected chi connectivity index (χ4v) is 4.60. The first-order valence-corrected chi connectivity index (χ1v) is 13.9. The highest BCUT2D eigenvalue weighted by atomic mass is 35.5. The van der Waals surface area contributed by atoms with Crippen molar-refractivity contribution in [3.05, 3.63) is 130 Å². The highest BCUT2D eigenvalue weighted by Gasteiger charge is 2.31. The summed E-state index contributed by atoms with van der Waals surface area (Å²) in [5.41, 5.74) is -0.657. The zero-order valence-electron chi connectivity index (χ0n) is 22.0. The number of hydrogen-bond donors (Lipinski definition) is 3. The van der Waals surface area contributed by atoms with Gasteiger partial charge in [0.25, 0.3) is 11.8 Å². The molecule has 0 aromatic heterocycles. The molecule has 0 atom stereocenters. The third-order valence-electron chi connectivity index (χ3n) is 5.76. The monoisotopic (exact) mass is 627 g/mol. The molecule has 3 N–H and O–H groups in total. The third kappa shape index (κ3) is 8.94. The van der Waals surface area contributed by atoms with Crippen LogP contribution in [0.3, 0.4) is 0 Å². The van der Waals surface area contributed by atoms with Gasteiger partial charge < -0.3 is 16.0 Å². The summed E-state index contributed by atoms with van der Waals surface area (Å²) in [6.07, 6.45) is -3.38. The van der Waals surface area contributed by atoms with Crippen LogP contribution in [0.5, 0.6) is 0 Å². The summed E-state index contributed by atoms with van der Waals surface area (Å²) in [4.78, 5) is 39.0. The number of hydrogen-bond acceptors (Lipinski definition) is 4. The number of benzene rings is 4. The summed E-state index contributed by atoms with van der Waals surface area (Å²) in [6.45, 7) is 0. The maximum atomic E-state index is 14.4. The van der Waals surface area contributed by atoms with Crippen molar-refractivity contribution in [2.45, 2.75) is 11.1 Å². The van der Waals surface area contributed by atoms with Crippen LogP contribution in [0.1, 0.15) is 21.5 Å². The highest BCUT2D eigenvalue weighted by Crippen LogP contribution is 2.34. The summed E-state index contributed by atoms with van der Waals surface area (Å²) in [7, 11) is 0. The quantitative estimate of drug-likeness (QED) is 0.101. The Labute approximate surface area is 253 Å². The van der Waals surface area contributed by atoms with Crippen LogP contribution in [0.2, 0.25) is 5.02 Å². The summed E-state index contributed by atoms with van der Waals surface area (Å²) < 4.78 is 53.4. The van der Waals surface area contributed by atoms with Crippen LogP contribution < -0.4 is 16.0 Å². The topological polar surface area (TPSA) is 87.3 Å². The maximum Gasteiger partial charge on any atom is 0.416 e. The molecule has 0 bridgehead atoms. The highest BCUT2D eigenvalue weighted by molar-refractivity contribution is 8.00. The van der Waals surface area contributed by atoms with Crippen molar-refractivity contribution >= 4 is 58.5 Å². The van der Waals surface area contributed by atoms with Crippen LogP contribution in [-0.4, -0.2) is 23.5 Å². The maximum absolute atomic E-state index is 14.4. The first-order chi connectivity index (χ1) is 20.5. The van der Waals surface area contributed by atoms with Gasteiger partial charge in [0, 0.05) is 21.7 Å². The fourth-order valence-electron chi connectivity index (χ4n) is 3.68. The van der Waals surface area contributed by atoms with Gasteiger partial charge in [0.05, 0.1) is 22.0 Å². The van der Waals surface area contributed by atoms with E-state index in [0.29, 0.717) is 10.6 Å². The fraction of sp³-hybridized carbons (Fsp3) is 0.0645. The molecule has 0 spiro atoms. The Morgan fingerprint density at radius 3 is 2.28 bits per heavy atom. The molecule has 4 aromatic rings. The number of halogens is 5. The molecule has 4 rings (SSSR count).